The number of nitrogens with zero attached hydrogens (tertiary/aromatic N) is 1. The van der Waals surface area contributed by atoms with Gasteiger partial charge in [-0.25, -0.2) is 5.26 Å². The number of hydrogen-bond donors (Lipinski definition) is 0. The molecule has 1 aromatic carbocycles. The van der Waals surface area contributed by atoms with Crippen molar-refractivity contribution >= 4 is 18.3 Å². The molecule has 1 heterocycles. The van der Waals surface area contributed by atoms with Gasteiger partial charge >= 0.3 is 0 Å². The molecule has 19 heavy (non-hydrogen) atoms. The highest BCUT2D eigenvalue weighted by Crippen LogP contribution is 2.32. The molecule has 4 heteroatoms. The van der Waals surface area contributed by atoms with Crippen LogP contribution in [0.25, 0.3) is 0 Å². The third-order valence-electron chi connectivity index (χ3n) is 3.77. The van der Waals surface area contributed by atoms with Gasteiger partial charge in [0.2, 0.25) is 0 Å². The van der Waals surface area contributed by atoms with E-state index < -0.39 is 5.92 Å². The van der Waals surface area contributed by atoms with Crippen LogP contribution in [-0.4, -0.2) is 18.3 Å². The number of benzene rings is 1. The Hall–Kier alpha value is -1.89. The second kappa shape index (κ2) is 5.01. The minimum absolute atomic E-state index is 0.00449. The van der Waals surface area contributed by atoms with Crippen LogP contribution in [0.15, 0.2) is 12.1 Å². The quantitative estimate of drug-likeness (QED) is 0.527. The summed E-state index contributed by atoms with van der Waals surface area (Å²) < 4.78 is 0. The molecule has 0 saturated heterocycles. The molecule has 0 bridgehead atoms. The van der Waals surface area contributed by atoms with Crippen molar-refractivity contribution in [1.29, 1.82) is 5.26 Å². The molecule has 0 fully saturated rings. The van der Waals surface area contributed by atoms with Gasteiger partial charge in [0.05, 0.1) is 5.92 Å². The summed E-state index contributed by atoms with van der Waals surface area (Å²) >= 11 is 0. The van der Waals surface area contributed by atoms with E-state index in [1.807, 2.05) is 26.0 Å². The maximum atomic E-state index is 11.9. The average molecular weight is 253 g/mol. The number of carbonyl (C=O) groups excluding carboxylic acids is 2. The third-order valence-corrected chi connectivity index (χ3v) is 3.77. The zero-order valence-electron chi connectivity index (χ0n) is 11.5. The van der Waals surface area contributed by atoms with Crippen molar-refractivity contribution in [3.63, 3.8) is 0 Å². The van der Waals surface area contributed by atoms with E-state index in [1.165, 1.54) is 0 Å². The number of hydrogen-bond acceptors (Lipinski definition) is 3. The molecule has 1 aliphatic carbocycles. The van der Waals surface area contributed by atoms with Crippen LogP contribution in [0.1, 0.15) is 52.6 Å². The highest BCUT2D eigenvalue weighted by atomic mass is 16.2. The maximum Gasteiger partial charge on any atom is 0.276 e. The molecule has 0 radical (unpaired) electrons. The molecule has 0 spiro atoms. The van der Waals surface area contributed by atoms with Crippen molar-refractivity contribution in [1.82, 2.24) is 0 Å². The Labute approximate surface area is 113 Å². The second-order valence-electron chi connectivity index (χ2n) is 4.85. The minimum Gasteiger partial charge on any atom is -0.293 e. The normalized spacial score (nSPS) is 16.6. The lowest BCUT2D eigenvalue weighted by atomic mass is 9.49. The Kier molecular flexibility index (Phi) is 3.57. The molecule has 0 N–H and O–H groups in total. The van der Waals surface area contributed by atoms with Crippen LogP contribution in [0, 0.1) is 17.1 Å². The fourth-order valence-electron chi connectivity index (χ4n) is 2.76. The predicted octanol–water partition coefficient (Wildman–Crippen LogP) is 2.46. The average Bonchev–Trinajstić information content (AvgIpc) is 2.95. The molecule has 2 aliphatic rings. The first-order valence-corrected chi connectivity index (χ1v) is 6.75. The zero-order valence-corrected chi connectivity index (χ0v) is 11.5. The molecular formula is C15H16BNO2. The maximum absolute atomic E-state index is 11.9. The van der Waals surface area contributed by atoms with E-state index in [1.54, 1.807) is 6.92 Å². The second-order valence-corrected chi connectivity index (χ2v) is 4.85. The van der Waals surface area contributed by atoms with E-state index in [9.17, 15) is 9.59 Å². The Morgan fingerprint density at radius 3 is 1.89 bits per heavy atom. The van der Waals surface area contributed by atoms with Crippen LogP contribution in [0.4, 0.5) is 0 Å². The third kappa shape index (κ3) is 2.00. The summed E-state index contributed by atoms with van der Waals surface area (Å²) in [6.07, 6.45) is 1.41. The van der Waals surface area contributed by atoms with Gasteiger partial charge in [0.15, 0.2) is 11.6 Å². The Morgan fingerprint density at radius 2 is 1.53 bits per heavy atom. The first kappa shape index (κ1) is 13.5. The predicted molar refractivity (Wildman–Crippen MR) is 74.4 cm³/mol. The largest absolute Gasteiger partial charge is 0.293 e. The van der Waals surface area contributed by atoms with Crippen LogP contribution in [-0.2, 0) is 12.6 Å². The fraction of sp³-hybridized carbons (Fsp3) is 0.400. The lowest BCUT2D eigenvalue weighted by molar-refractivity contribution is 0.0852. The first-order chi connectivity index (χ1) is 9.11. The van der Waals surface area contributed by atoms with E-state index in [-0.39, 0.29) is 18.3 Å². The van der Waals surface area contributed by atoms with Gasteiger partial charge < -0.3 is 0 Å². The number of nitriles is 1. The van der Waals surface area contributed by atoms with Crippen molar-refractivity contribution in [2.75, 3.05) is 0 Å². The summed E-state index contributed by atoms with van der Waals surface area (Å²) in [6.45, 7) is 5.66. The smallest absolute Gasteiger partial charge is 0.276 e. The van der Waals surface area contributed by atoms with Crippen LogP contribution < -0.4 is 0 Å². The van der Waals surface area contributed by atoms with Crippen LogP contribution >= 0.6 is 0 Å². The van der Waals surface area contributed by atoms with E-state index in [4.69, 9.17) is 5.26 Å². The summed E-state index contributed by atoms with van der Waals surface area (Å²) in [7, 11) is 0. The van der Waals surface area contributed by atoms with Gasteiger partial charge in [-0.3, -0.25) is 9.59 Å². The topological polar surface area (TPSA) is 57.9 Å². The number of ketones is 2. The Balaban J connectivity index is 0.000000637. The van der Waals surface area contributed by atoms with Crippen molar-refractivity contribution in [3.05, 3.63) is 34.4 Å². The molecule has 1 aromatic rings. The fourth-order valence-corrected chi connectivity index (χ4v) is 2.76. The van der Waals surface area contributed by atoms with E-state index in [0.717, 1.165) is 11.1 Å². The summed E-state index contributed by atoms with van der Waals surface area (Å²) in [5.41, 5.74) is 3.23. The van der Waals surface area contributed by atoms with Crippen LogP contribution in [0.5, 0.6) is 0 Å². The van der Waals surface area contributed by atoms with Gasteiger partial charge in [0.1, 0.15) is 0 Å². The van der Waals surface area contributed by atoms with Gasteiger partial charge in [-0.1, -0.05) is 25.0 Å². The summed E-state index contributed by atoms with van der Waals surface area (Å²) in [5.74, 6) is 1.57. The highest BCUT2D eigenvalue weighted by Gasteiger charge is 2.37. The zero-order chi connectivity index (χ0) is 14.2. The number of Topliss-reactive ketones (excluding diaryl/α,β-unsaturated/α-hetero) is 2. The van der Waals surface area contributed by atoms with Crippen molar-refractivity contribution in [3.8, 4) is 5.97 Å². The standard InChI is InChI=1S/C13H10BNO2.C2H6/c1-7-12(16)10-2-8-4-14(6-15)5-9(8)3-11(10)13(7)17;1-2/h2-3,7H,4-5H2,1H3;1-2H3. The Morgan fingerprint density at radius 1 is 1.11 bits per heavy atom. The number of fused-ring (bicyclic) bond motifs is 2. The summed E-state index contributed by atoms with van der Waals surface area (Å²) in [5, 5.41) is 8.91. The molecule has 1 aliphatic heterocycles. The molecule has 3 rings (SSSR count). The number of rotatable bonds is 0. The molecule has 0 aromatic heterocycles. The molecule has 0 unspecified atom stereocenters. The Bertz CT molecular complexity index is 556. The van der Waals surface area contributed by atoms with Gasteiger partial charge in [-0.2, -0.15) is 0 Å². The SMILES string of the molecule is CC.CC1C(=O)c2cc3c(cc2C1=O)CB(C#N)C3. The molecule has 3 nitrogen and oxygen atoms in total. The van der Waals surface area contributed by atoms with Crippen LogP contribution in [0.2, 0.25) is 0 Å². The summed E-state index contributed by atoms with van der Waals surface area (Å²) in [4.78, 5) is 23.7. The van der Waals surface area contributed by atoms with Crippen molar-refractivity contribution in [2.45, 2.75) is 33.4 Å². The molecule has 96 valence electrons. The minimum atomic E-state index is -0.528. The van der Waals surface area contributed by atoms with Gasteiger partial charge in [0.25, 0.3) is 6.71 Å². The molecule has 0 amide bonds. The molecule has 0 saturated carbocycles. The lowest BCUT2D eigenvalue weighted by Gasteiger charge is -2.02. The molecular weight excluding hydrogens is 237 g/mol. The van der Waals surface area contributed by atoms with Crippen molar-refractivity contribution in [2.24, 2.45) is 5.92 Å². The monoisotopic (exact) mass is 253 g/mol. The highest BCUT2D eigenvalue weighted by molar-refractivity contribution is 6.67. The van der Waals surface area contributed by atoms with E-state index >= 15 is 0 Å². The number of carbonyl (C=O) groups is 2. The van der Waals surface area contributed by atoms with E-state index in [2.05, 4.69) is 5.97 Å². The van der Waals surface area contributed by atoms with E-state index in [0.29, 0.717) is 23.8 Å². The van der Waals surface area contributed by atoms with Crippen molar-refractivity contribution < 1.29 is 9.59 Å². The van der Waals surface area contributed by atoms with Gasteiger partial charge in [-0.05, 0) is 31.7 Å². The van der Waals surface area contributed by atoms with Crippen LogP contribution in [0.3, 0.4) is 0 Å². The summed E-state index contributed by atoms with van der Waals surface area (Å²) in [6, 6.07) is 3.65. The first-order valence-electron chi connectivity index (χ1n) is 6.75. The van der Waals surface area contributed by atoms with Gasteiger partial charge in [-0.15, -0.1) is 0 Å². The van der Waals surface area contributed by atoms with Gasteiger partial charge in [0, 0.05) is 17.1 Å². The molecule has 0 atom stereocenters. The lowest BCUT2D eigenvalue weighted by Crippen LogP contribution is -2.11.